The zero-order chi connectivity index (χ0) is 21.8. The molecule has 2 aromatic carbocycles. The van der Waals surface area contributed by atoms with Crippen molar-refractivity contribution in [3.63, 3.8) is 0 Å². The van der Waals surface area contributed by atoms with Gasteiger partial charge in [-0.2, -0.15) is 0 Å². The SMILES string of the molecule is CCN(c1ccc(C(=O)NC(C)c2ccc(C(C)(C)C)cc2)cc1)S(=O)(=O)CC. The number of sulfonamides is 1. The first-order valence-electron chi connectivity index (χ1n) is 10.0. The molecule has 0 saturated carbocycles. The molecule has 6 heteroatoms. The van der Waals surface area contributed by atoms with Crippen LogP contribution in [0, 0.1) is 0 Å². The lowest BCUT2D eigenvalue weighted by molar-refractivity contribution is 0.0940. The second kappa shape index (κ2) is 8.99. The molecule has 0 aliphatic rings. The number of nitrogens with one attached hydrogen (secondary N) is 1. The molecule has 158 valence electrons. The lowest BCUT2D eigenvalue weighted by atomic mass is 9.86. The van der Waals surface area contributed by atoms with Gasteiger partial charge in [0.25, 0.3) is 5.91 Å². The Labute approximate surface area is 175 Å². The highest BCUT2D eigenvalue weighted by atomic mass is 32.2. The molecule has 0 radical (unpaired) electrons. The lowest BCUT2D eigenvalue weighted by Gasteiger charge is -2.22. The summed E-state index contributed by atoms with van der Waals surface area (Å²) in [4.78, 5) is 12.6. The molecule has 0 aliphatic carbocycles. The largest absolute Gasteiger partial charge is 0.346 e. The fourth-order valence-electron chi connectivity index (χ4n) is 3.11. The van der Waals surface area contributed by atoms with E-state index in [1.165, 1.54) is 9.87 Å². The second-order valence-electron chi connectivity index (χ2n) is 8.18. The van der Waals surface area contributed by atoms with Gasteiger partial charge in [-0.05, 0) is 61.6 Å². The molecule has 0 spiro atoms. The molecule has 2 aromatic rings. The molecular formula is C23H32N2O3S. The molecule has 1 N–H and O–H groups in total. The van der Waals surface area contributed by atoms with Crippen LogP contribution in [-0.2, 0) is 15.4 Å². The molecule has 29 heavy (non-hydrogen) atoms. The summed E-state index contributed by atoms with van der Waals surface area (Å²) >= 11 is 0. The zero-order valence-corrected chi connectivity index (χ0v) is 19.0. The van der Waals surface area contributed by atoms with Crippen LogP contribution in [0.15, 0.2) is 48.5 Å². The Kier molecular flexibility index (Phi) is 7.11. The standard InChI is InChI=1S/C23H32N2O3S/c1-7-25(29(27,28)8-2)21-15-11-19(12-16-21)22(26)24-17(3)18-9-13-20(14-10-18)23(4,5)6/h9-17H,7-8H2,1-6H3,(H,24,26). The predicted octanol–water partition coefficient (Wildman–Crippen LogP) is 4.65. The van der Waals surface area contributed by atoms with Gasteiger partial charge in [-0.25, -0.2) is 8.42 Å². The predicted molar refractivity (Wildman–Crippen MR) is 120 cm³/mol. The molecule has 0 fully saturated rings. The summed E-state index contributed by atoms with van der Waals surface area (Å²) in [5.41, 5.74) is 3.44. The van der Waals surface area contributed by atoms with Crippen LogP contribution in [0.4, 0.5) is 5.69 Å². The third-order valence-electron chi connectivity index (χ3n) is 5.03. The van der Waals surface area contributed by atoms with Gasteiger partial charge >= 0.3 is 0 Å². The van der Waals surface area contributed by atoms with Crippen LogP contribution in [0.1, 0.15) is 69.1 Å². The van der Waals surface area contributed by atoms with Gasteiger partial charge in [0.05, 0.1) is 17.5 Å². The van der Waals surface area contributed by atoms with Crippen molar-refractivity contribution in [3.8, 4) is 0 Å². The van der Waals surface area contributed by atoms with Gasteiger partial charge in [0.1, 0.15) is 0 Å². The highest BCUT2D eigenvalue weighted by Gasteiger charge is 2.19. The molecule has 0 bridgehead atoms. The molecule has 5 nitrogen and oxygen atoms in total. The van der Waals surface area contributed by atoms with E-state index in [-0.39, 0.29) is 23.1 Å². The second-order valence-corrected chi connectivity index (χ2v) is 10.4. The highest BCUT2D eigenvalue weighted by molar-refractivity contribution is 7.92. The van der Waals surface area contributed by atoms with E-state index >= 15 is 0 Å². The summed E-state index contributed by atoms with van der Waals surface area (Å²) in [6.45, 7) is 12.2. The maximum Gasteiger partial charge on any atom is 0.251 e. The Balaban J connectivity index is 2.11. The smallest absolute Gasteiger partial charge is 0.251 e. The maximum absolute atomic E-state index is 12.6. The van der Waals surface area contributed by atoms with Crippen molar-refractivity contribution in [2.75, 3.05) is 16.6 Å². The van der Waals surface area contributed by atoms with Crippen LogP contribution in [-0.4, -0.2) is 26.6 Å². The first-order chi connectivity index (χ1) is 13.5. The van der Waals surface area contributed by atoms with Crippen LogP contribution in [0.2, 0.25) is 0 Å². The van der Waals surface area contributed by atoms with Crippen molar-refractivity contribution in [2.24, 2.45) is 0 Å². The first-order valence-corrected chi connectivity index (χ1v) is 11.6. The molecule has 1 atom stereocenters. The van der Waals surface area contributed by atoms with Gasteiger partial charge < -0.3 is 5.32 Å². The molecule has 1 amide bonds. The Morgan fingerprint density at radius 1 is 1.00 bits per heavy atom. The lowest BCUT2D eigenvalue weighted by Crippen LogP contribution is -2.32. The molecular weight excluding hydrogens is 384 g/mol. The number of benzene rings is 2. The molecule has 0 heterocycles. The maximum atomic E-state index is 12.6. The van der Waals surface area contributed by atoms with E-state index in [9.17, 15) is 13.2 Å². The topological polar surface area (TPSA) is 66.5 Å². The highest BCUT2D eigenvalue weighted by Crippen LogP contribution is 2.24. The molecule has 1 unspecified atom stereocenters. The number of hydrogen-bond donors (Lipinski definition) is 1. The number of amides is 1. The fraction of sp³-hybridized carbons (Fsp3) is 0.435. The van der Waals surface area contributed by atoms with E-state index < -0.39 is 10.0 Å². The third-order valence-corrected chi connectivity index (χ3v) is 6.90. The van der Waals surface area contributed by atoms with E-state index in [2.05, 4.69) is 38.2 Å². The molecule has 0 aliphatic heterocycles. The van der Waals surface area contributed by atoms with Crippen molar-refractivity contribution < 1.29 is 13.2 Å². The van der Waals surface area contributed by atoms with E-state index in [1.54, 1.807) is 38.1 Å². The normalized spacial score (nSPS) is 13.0. The molecule has 2 rings (SSSR count). The van der Waals surface area contributed by atoms with Gasteiger partial charge in [0.2, 0.25) is 10.0 Å². The number of anilines is 1. The minimum atomic E-state index is -3.33. The van der Waals surface area contributed by atoms with Crippen LogP contribution in [0.25, 0.3) is 0 Å². The Morgan fingerprint density at radius 3 is 2.00 bits per heavy atom. The van der Waals surface area contributed by atoms with Gasteiger partial charge in [-0.3, -0.25) is 9.10 Å². The van der Waals surface area contributed by atoms with Gasteiger partial charge in [-0.1, -0.05) is 45.0 Å². The number of nitrogens with zero attached hydrogens (tertiary/aromatic N) is 1. The number of carbonyl (C=O) groups is 1. The summed E-state index contributed by atoms with van der Waals surface area (Å²) in [6, 6.07) is 14.8. The van der Waals surface area contributed by atoms with Gasteiger partial charge in [0, 0.05) is 12.1 Å². The fourth-order valence-corrected chi connectivity index (χ4v) is 4.26. The van der Waals surface area contributed by atoms with E-state index in [4.69, 9.17) is 0 Å². The Hall–Kier alpha value is -2.34. The van der Waals surface area contributed by atoms with Crippen LogP contribution in [0.3, 0.4) is 0 Å². The van der Waals surface area contributed by atoms with Crippen LogP contribution < -0.4 is 9.62 Å². The van der Waals surface area contributed by atoms with Crippen LogP contribution >= 0.6 is 0 Å². The quantitative estimate of drug-likeness (QED) is 0.714. The number of rotatable bonds is 7. The average molecular weight is 417 g/mol. The Bertz CT molecular complexity index is 928. The minimum absolute atomic E-state index is 0.0363. The summed E-state index contributed by atoms with van der Waals surface area (Å²) < 4.78 is 25.7. The average Bonchev–Trinajstić information content (AvgIpc) is 2.68. The van der Waals surface area contributed by atoms with E-state index in [1.807, 2.05) is 19.1 Å². The number of hydrogen-bond acceptors (Lipinski definition) is 3. The van der Waals surface area contributed by atoms with Crippen LogP contribution in [0.5, 0.6) is 0 Å². The third kappa shape index (κ3) is 5.60. The van der Waals surface area contributed by atoms with Crippen molar-refractivity contribution >= 4 is 21.6 Å². The first kappa shape index (κ1) is 22.9. The van der Waals surface area contributed by atoms with Gasteiger partial charge in [-0.15, -0.1) is 0 Å². The summed E-state index contributed by atoms with van der Waals surface area (Å²) in [5.74, 6) is -0.153. The summed E-state index contributed by atoms with van der Waals surface area (Å²) in [5, 5.41) is 3.00. The summed E-state index contributed by atoms with van der Waals surface area (Å²) in [6.07, 6.45) is 0. The van der Waals surface area contributed by atoms with E-state index in [0.29, 0.717) is 17.8 Å². The number of carbonyl (C=O) groups excluding carboxylic acids is 1. The Morgan fingerprint density at radius 2 is 1.55 bits per heavy atom. The van der Waals surface area contributed by atoms with Crippen molar-refractivity contribution in [1.29, 1.82) is 0 Å². The zero-order valence-electron chi connectivity index (χ0n) is 18.2. The molecule has 0 saturated heterocycles. The van der Waals surface area contributed by atoms with Gasteiger partial charge in [0.15, 0.2) is 0 Å². The van der Waals surface area contributed by atoms with E-state index in [0.717, 1.165) is 5.56 Å². The minimum Gasteiger partial charge on any atom is -0.346 e. The monoisotopic (exact) mass is 416 g/mol. The van der Waals surface area contributed by atoms with Crippen molar-refractivity contribution in [2.45, 2.75) is 53.0 Å². The van der Waals surface area contributed by atoms with Crippen molar-refractivity contribution in [3.05, 3.63) is 65.2 Å². The molecule has 0 aromatic heterocycles. The summed E-state index contributed by atoms with van der Waals surface area (Å²) in [7, 11) is -3.33. The van der Waals surface area contributed by atoms with Crippen molar-refractivity contribution in [1.82, 2.24) is 5.32 Å².